The van der Waals surface area contributed by atoms with Gasteiger partial charge in [0.15, 0.2) is 6.29 Å². The molecule has 3 rings (SSSR count). The Morgan fingerprint density at radius 1 is 1.24 bits per heavy atom. The molecule has 1 heterocycles. The SMILES string of the molecule is O=Cc1cccc2c(C3CCCCC3)[nH]nc12. The number of aromatic nitrogens is 2. The molecule has 0 spiro atoms. The van der Waals surface area contributed by atoms with E-state index in [-0.39, 0.29) is 0 Å². The monoisotopic (exact) mass is 228 g/mol. The Bertz CT molecular complexity index is 538. The van der Waals surface area contributed by atoms with Gasteiger partial charge in [0.25, 0.3) is 0 Å². The Morgan fingerprint density at radius 3 is 2.82 bits per heavy atom. The number of hydrogen-bond donors (Lipinski definition) is 1. The van der Waals surface area contributed by atoms with Crippen LogP contribution in [-0.4, -0.2) is 16.5 Å². The molecule has 0 aliphatic heterocycles. The number of aromatic amines is 1. The fourth-order valence-corrected chi connectivity index (χ4v) is 2.88. The minimum Gasteiger partial charge on any atom is -0.298 e. The number of nitrogens with zero attached hydrogens (tertiary/aromatic N) is 1. The van der Waals surface area contributed by atoms with Crippen LogP contribution < -0.4 is 0 Å². The second kappa shape index (κ2) is 4.32. The van der Waals surface area contributed by atoms with Crippen LogP contribution in [0.4, 0.5) is 0 Å². The highest BCUT2D eigenvalue weighted by Crippen LogP contribution is 2.35. The van der Waals surface area contributed by atoms with Gasteiger partial charge in [-0.1, -0.05) is 31.4 Å². The number of H-pyrrole nitrogens is 1. The lowest BCUT2D eigenvalue weighted by Gasteiger charge is -2.20. The lowest BCUT2D eigenvalue weighted by atomic mass is 9.86. The molecule has 0 bridgehead atoms. The molecule has 0 unspecified atom stereocenters. The van der Waals surface area contributed by atoms with E-state index < -0.39 is 0 Å². The molecule has 3 heteroatoms. The highest BCUT2D eigenvalue weighted by molar-refractivity contribution is 5.96. The topological polar surface area (TPSA) is 45.8 Å². The summed E-state index contributed by atoms with van der Waals surface area (Å²) in [5, 5.41) is 8.58. The van der Waals surface area contributed by atoms with Gasteiger partial charge in [-0.2, -0.15) is 5.10 Å². The van der Waals surface area contributed by atoms with E-state index >= 15 is 0 Å². The third-order valence-corrected chi connectivity index (χ3v) is 3.79. The van der Waals surface area contributed by atoms with Crippen LogP contribution in [0.25, 0.3) is 10.9 Å². The van der Waals surface area contributed by atoms with Gasteiger partial charge in [-0.15, -0.1) is 0 Å². The maximum Gasteiger partial charge on any atom is 0.152 e. The molecule has 1 aliphatic carbocycles. The number of carbonyl (C=O) groups is 1. The number of hydrogen-bond acceptors (Lipinski definition) is 2. The number of para-hydroxylation sites is 1. The van der Waals surface area contributed by atoms with E-state index in [1.807, 2.05) is 12.1 Å². The summed E-state index contributed by atoms with van der Waals surface area (Å²) < 4.78 is 0. The van der Waals surface area contributed by atoms with Gasteiger partial charge < -0.3 is 0 Å². The van der Waals surface area contributed by atoms with Crippen molar-refractivity contribution in [2.24, 2.45) is 0 Å². The number of benzene rings is 1. The van der Waals surface area contributed by atoms with Crippen molar-refractivity contribution in [1.29, 1.82) is 0 Å². The van der Waals surface area contributed by atoms with Gasteiger partial charge >= 0.3 is 0 Å². The van der Waals surface area contributed by atoms with Crippen LogP contribution in [0.15, 0.2) is 18.2 Å². The summed E-state index contributed by atoms with van der Waals surface area (Å²) in [6, 6.07) is 5.82. The van der Waals surface area contributed by atoms with Crippen molar-refractivity contribution in [1.82, 2.24) is 10.2 Å². The molecule has 88 valence electrons. The van der Waals surface area contributed by atoms with Crippen LogP contribution in [-0.2, 0) is 0 Å². The third-order valence-electron chi connectivity index (χ3n) is 3.79. The second-order valence-electron chi connectivity index (χ2n) is 4.83. The van der Waals surface area contributed by atoms with Crippen LogP contribution in [0.2, 0.25) is 0 Å². The van der Waals surface area contributed by atoms with Crippen molar-refractivity contribution in [2.45, 2.75) is 38.0 Å². The van der Waals surface area contributed by atoms with Crippen LogP contribution >= 0.6 is 0 Å². The second-order valence-corrected chi connectivity index (χ2v) is 4.83. The van der Waals surface area contributed by atoms with E-state index in [9.17, 15) is 4.79 Å². The molecule has 1 saturated carbocycles. The smallest absolute Gasteiger partial charge is 0.152 e. The lowest BCUT2D eigenvalue weighted by molar-refractivity contribution is 0.112. The summed E-state index contributed by atoms with van der Waals surface area (Å²) in [4.78, 5) is 11.0. The molecular weight excluding hydrogens is 212 g/mol. The molecule has 0 atom stereocenters. The van der Waals surface area contributed by atoms with Crippen molar-refractivity contribution >= 4 is 17.2 Å². The van der Waals surface area contributed by atoms with Gasteiger partial charge in [-0.3, -0.25) is 9.89 Å². The normalized spacial score (nSPS) is 17.4. The van der Waals surface area contributed by atoms with Gasteiger partial charge in [-0.05, 0) is 18.9 Å². The van der Waals surface area contributed by atoms with Crippen LogP contribution in [0.5, 0.6) is 0 Å². The predicted molar refractivity (Wildman–Crippen MR) is 67.3 cm³/mol. The van der Waals surface area contributed by atoms with E-state index in [0.29, 0.717) is 11.5 Å². The molecule has 3 nitrogen and oxygen atoms in total. The summed E-state index contributed by atoms with van der Waals surface area (Å²) in [5.41, 5.74) is 2.73. The number of fused-ring (bicyclic) bond motifs is 1. The van der Waals surface area contributed by atoms with E-state index in [4.69, 9.17) is 0 Å². The standard InChI is InChI=1S/C14H16N2O/c17-9-11-7-4-8-12-13(15-16-14(11)12)10-5-2-1-3-6-10/h4,7-10H,1-3,5-6H2,(H,15,16). The summed E-state index contributed by atoms with van der Waals surface area (Å²) in [7, 11) is 0. The molecule has 0 saturated heterocycles. The molecular formula is C14H16N2O. The summed E-state index contributed by atoms with van der Waals surface area (Å²) in [6.45, 7) is 0. The first-order chi connectivity index (χ1) is 8.40. The summed E-state index contributed by atoms with van der Waals surface area (Å²) >= 11 is 0. The zero-order valence-electron chi connectivity index (χ0n) is 9.78. The van der Waals surface area contributed by atoms with Gasteiger partial charge in [-0.25, -0.2) is 0 Å². The van der Waals surface area contributed by atoms with Gasteiger partial charge in [0, 0.05) is 22.6 Å². The maximum atomic E-state index is 11.0. The molecule has 0 radical (unpaired) electrons. The third kappa shape index (κ3) is 1.75. The molecule has 2 aromatic rings. The van der Waals surface area contributed by atoms with Crippen LogP contribution in [0.1, 0.15) is 54.1 Å². The Balaban J connectivity index is 2.08. The molecule has 1 aliphatic rings. The van der Waals surface area contributed by atoms with Crippen molar-refractivity contribution in [3.63, 3.8) is 0 Å². The van der Waals surface area contributed by atoms with Gasteiger partial charge in [0.05, 0.1) is 0 Å². The zero-order valence-corrected chi connectivity index (χ0v) is 9.78. The number of rotatable bonds is 2. The van der Waals surface area contributed by atoms with Crippen molar-refractivity contribution < 1.29 is 4.79 Å². The first kappa shape index (κ1) is 10.5. The van der Waals surface area contributed by atoms with Crippen molar-refractivity contribution in [3.05, 3.63) is 29.5 Å². The van der Waals surface area contributed by atoms with Crippen molar-refractivity contribution in [3.8, 4) is 0 Å². The predicted octanol–water partition coefficient (Wildman–Crippen LogP) is 3.42. The highest BCUT2D eigenvalue weighted by Gasteiger charge is 2.20. The van der Waals surface area contributed by atoms with E-state index in [1.165, 1.54) is 37.8 Å². The molecule has 1 N–H and O–H groups in total. The van der Waals surface area contributed by atoms with E-state index in [0.717, 1.165) is 17.2 Å². The molecule has 1 fully saturated rings. The fraction of sp³-hybridized carbons (Fsp3) is 0.429. The number of nitrogens with one attached hydrogen (secondary N) is 1. The summed E-state index contributed by atoms with van der Waals surface area (Å²) in [5.74, 6) is 0.593. The first-order valence-electron chi connectivity index (χ1n) is 6.32. The van der Waals surface area contributed by atoms with Crippen molar-refractivity contribution in [2.75, 3.05) is 0 Å². The Morgan fingerprint density at radius 2 is 2.06 bits per heavy atom. The minimum atomic E-state index is 0.593. The Hall–Kier alpha value is -1.64. The maximum absolute atomic E-state index is 11.0. The Labute approximate surface area is 100 Å². The lowest BCUT2D eigenvalue weighted by Crippen LogP contribution is -2.05. The van der Waals surface area contributed by atoms with Crippen LogP contribution in [0, 0.1) is 0 Å². The van der Waals surface area contributed by atoms with Gasteiger partial charge in [0.1, 0.15) is 5.52 Å². The largest absolute Gasteiger partial charge is 0.298 e. The molecule has 1 aromatic carbocycles. The molecule has 1 aromatic heterocycles. The quantitative estimate of drug-likeness (QED) is 0.800. The molecule has 0 amide bonds. The minimum absolute atomic E-state index is 0.593. The average molecular weight is 228 g/mol. The zero-order chi connectivity index (χ0) is 11.7. The Kier molecular flexibility index (Phi) is 2.67. The van der Waals surface area contributed by atoms with Crippen LogP contribution in [0.3, 0.4) is 0 Å². The summed E-state index contributed by atoms with van der Waals surface area (Å²) in [6.07, 6.45) is 7.32. The molecule has 17 heavy (non-hydrogen) atoms. The van der Waals surface area contributed by atoms with Gasteiger partial charge in [0.2, 0.25) is 0 Å². The average Bonchev–Trinajstić information content (AvgIpc) is 2.83. The number of aldehydes is 1. The van der Waals surface area contributed by atoms with E-state index in [2.05, 4.69) is 16.3 Å². The fourth-order valence-electron chi connectivity index (χ4n) is 2.88. The number of carbonyl (C=O) groups excluding carboxylic acids is 1. The first-order valence-corrected chi connectivity index (χ1v) is 6.32. The van der Waals surface area contributed by atoms with E-state index in [1.54, 1.807) is 0 Å². The highest BCUT2D eigenvalue weighted by atomic mass is 16.1.